The van der Waals surface area contributed by atoms with Crippen LogP contribution in [-0.4, -0.2) is 55.1 Å². The number of piperidine rings is 1. The second-order valence-corrected chi connectivity index (χ2v) is 8.68. The highest BCUT2D eigenvalue weighted by molar-refractivity contribution is 5.85. The van der Waals surface area contributed by atoms with Crippen molar-refractivity contribution in [2.45, 2.75) is 38.0 Å². The zero-order valence-corrected chi connectivity index (χ0v) is 19.3. The van der Waals surface area contributed by atoms with Gasteiger partial charge < -0.3 is 4.90 Å². The predicted octanol–water partition coefficient (Wildman–Crippen LogP) is 5.75. The Hall–Kier alpha value is -1.90. The Morgan fingerprint density at radius 1 is 0.818 bits per heavy atom. The van der Waals surface area contributed by atoms with Crippen molar-refractivity contribution in [3.8, 4) is 0 Å². The van der Waals surface area contributed by atoms with Crippen molar-refractivity contribution in [1.29, 1.82) is 0 Å². The number of halogens is 6. The Morgan fingerprint density at radius 2 is 1.39 bits per heavy atom. The molecule has 9 heteroatoms. The molecule has 33 heavy (non-hydrogen) atoms. The molecule has 1 atom stereocenters. The second kappa shape index (κ2) is 10.6. The Bertz CT molecular complexity index is 905. The van der Waals surface area contributed by atoms with Gasteiger partial charge in [-0.2, -0.15) is 13.2 Å². The van der Waals surface area contributed by atoms with Crippen LogP contribution in [-0.2, 0) is 6.18 Å². The standard InChI is InChI=1S/C24H28F5N3.ClH/c1-17(18-2-4-19(25)5-3-18)30-10-8-21(9-11-30)31-12-14-32(15-13-31)23-7-6-20(26)16-22(23)24(27,28)29;/h2-7,16-17,21H,8-15H2,1H3;1H. The van der Waals surface area contributed by atoms with Gasteiger partial charge in [-0.25, -0.2) is 8.78 Å². The molecule has 1 unspecified atom stereocenters. The van der Waals surface area contributed by atoms with E-state index in [1.807, 2.05) is 12.1 Å². The quantitative estimate of drug-likeness (QED) is 0.506. The highest BCUT2D eigenvalue weighted by Gasteiger charge is 2.36. The largest absolute Gasteiger partial charge is 0.418 e. The van der Waals surface area contributed by atoms with Crippen LogP contribution < -0.4 is 4.90 Å². The molecule has 2 fully saturated rings. The highest BCUT2D eigenvalue weighted by atomic mass is 35.5. The third-order valence-corrected chi connectivity index (χ3v) is 6.83. The van der Waals surface area contributed by atoms with E-state index in [4.69, 9.17) is 0 Å². The smallest absolute Gasteiger partial charge is 0.368 e. The van der Waals surface area contributed by atoms with E-state index in [9.17, 15) is 22.0 Å². The lowest BCUT2D eigenvalue weighted by atomic mass is 9.98. The van der Waals surface area contributed by atoms with Gasteiger partial charge in [0.25, 0.3) is 0 Å². The molecule has 0 amide bonds. The van der Waals surface area contributed by atoms with Crippen LogP contribution in [0.4, 0.5) is 27.6 Å². The Balaban J connectivity index is 0.00000306. The summed E-state index contributed by atoms with van der Waals surface area (Å²) in [5.74, 6) is -1.11. The molecule has 0 radical (unpaired) electrons. The monoisotopic (exact) mass is 489 g/mol. The summed E-state index contributed by atoms with van der Waals surface area (Å²) in [5, 5.41) is 0. The zero-order chi connectivity index (χ0) is 22.9. The first-order valence-corrected chi connectivity index (χ1v) is 11.1. The van der Waals surface area contributed by atoms with Gasteiger partial charge in [-0.15, -0.1) is 12.4 Å². The van der Waals surface area contributed by atoms with Gasteiger partial charge in [0.05, 0.1) is 5.56 Å². The fourth-order valence-electron chi connectivity index (χ4n) is 4.93. The fraction of sp³-hybridized carbons (Fsp3) is 0.500. The van der Waals surface area contributed by atoms with Crippen molar-refractivity contribution in [3.63, 3.8) is 0 Å². The van der Waals surface area contributed by atoms with E-state index in [0.29, 0.717) is 38.3 Å². The maximum atomic E-state index is 13.4. The molecule has 0 spiro atoms. The average molecular weight is 490 g/mol. The summed E-state index contributed by atoms with van der Waals surface area (Å²) in [6.45, 7) is 6.34. The number of benzene rings is 2. The van der Waals surface area contributed by atoms with Gasteiger partial charge in [-0.1, -0.05) is 12.1 Å². The number of hydrogen-bond donors (Lipinski definition) is 0. The zero-order valence-electron chi connectivity index (χ0n) is 18.5. The van der Waals surface area contributed by atoms with Crippen LogP contribution in [0.25, 0.3) is 0 Å². The number of likely N-dealkylation sites (tertiary alicyclic amines) is 1. The van der Waals surface area contributed by atoms with Gasteiger partial charge in [-0.05, 0) is 55.7 Å². The van der Waals surface area contributed by atoms with E-state index in [1.54, 1.807) is 4.90 Å². The predicted molar refractivity (Wildman–Crippen MR) is 122 cm³/mol. The van der Waals surface area contributed by atoms with E-state index in [0.717, 1.165) is 37.6 Å². The van der Waals surface area contributed by atoms with Crippen LogP contribution in [0, 0.1) is 11.6 Å². The van der Waals surface area contributed by atoms with Gasteiger partial charge >= 0.3 is 6.18 Å². The SMILES string of the molecule is CC(c1ccc(F)cc1)N1CCC(N2CCN(c3ccc(F)cc3C(F)(F)F)CC2)CC1.Cl. The van der Waals surface area contributed by atoms with Crippen LogP contribution in [0.5, 0.6) is 0 Å². The Labute approximate surface area is 197 Å². The van der Waals surface area contributed by atoms with Crippen LogP contribution in [0.1, 0.15) is 36.9 Å². The van der Waals surface area contributed by atoms with Crippen molar-refractivity contribution in [2.24, 2.45) is 0 Å². The van der Waals surface area contributed by atoms with Gasteiger partial charge in [0.15, 0.2) is 0 Å². The molecule has 0 bridgehead atoms. The van der Waals surface area contributed by atoms with Crippen molar-refractivity contribution in [1.82, 2.24) is 9.80 Å². The summed E-state index contributed by atoms with van der Waals surface area (Å²) in [4.78, 5) is 6.48. The van der Waals surface area contributed by atoms with E-state index in [-0.39, 0.29) is 30.0 Å². The molecule has 182 valence electrons. The summed E-state index contributed by atoms with van der Waals surface area (Å²) in [7, 11) is 0. The minimum Gasteiger partial charge on any atom is -0.368 e. The molecule has 4 rings (SSSR count). The van der Waals surface area contributed by atoms with Crippen molar-refractivity contribution < 1.29 is 22.0 Å². The highest BCUT2D eigenvalue weighted by Crippen LogP contribution is 2.37. The first-order chi connectivity index (χ1) is 15.2. The summed E-state index contributed by atoms with van der Waals surface area (Å²) in [6, 6.07) is 10.2. The molecular weight excluding hydrogens is 461 g/mol. The first kappa shape index (κ1) is 25.7. The number of nitrogens with zero attached hydrogens (tertiary/aromatic N) is 3. The summed E-state index contributed by atoms with van der Waals surface area (Å²) in [6.07, 6.45) is -2.59. The summed E-state index contributed by atoms with van der Waals surface area (Å²) >= 11 is 0. The minimum atomic E-state index is -4.58. The molecule has 2 aliphatic heterocycles. The van der Waals surface area contributed by atoms with Gasteiger partial charge in [0, 0.05) is 57.0 Å². The average Bonchev–Trinajstić information content (AvgIpc) is 2.79. The molecule has 0 N–H and O–H groups in total. The molecule has 2 heterocycles. The minimum absolute atomic E-state index is 0. The normalized spacial score (nSPS) is 19.9. The van der Waals surface area contributed by atoms with Crippen LogP contribution >= 0.6 is 12.4 Å². The van der Waals surface area contributed by atoms with E-state index in [2.05, 4.69) is 16.7 Å². The molecule has 2 saturated heterocycles. The Morgan fingerprint density at radius 3 is 1.97 bits per heavy atom. The van der Waals surface area contributed by atoms with Crippen LogP contribution in [0.2, 0.25) is 0 Å². The molecule has 2 aromatic carbocycles. The molecule has 2 aromatic rings. The van der Waals surface area contributed by atoms with Gasteiger partial charge in [0.2, 0.25) is 0 Å². The van der Waals surface area contributed by atoms with E-state index < -0.39 is 17.6 Å². The lowest BCUT2D eigenvalue weighted by Gasteiger charge is -2.44. The topological polar surface area (TPSA) is 9.72 Å². The first-order valence-electron chi connectivity index (χ1n) is 11.1. The Kier molecular flexibility index (Phi) is 8.24. The molecule has 3 nitrogen and oxygen atoms in total. The van der Waals surface area contributed by atoms with Crippen molar-refractivity contribution in [3.05, 3.63) is 65.2 Å². The van der Waals surface area contributed by atoms with E-state index >= 15 is 0 Å². The van der Waals surface area contributed by atoms with Crippen molar-refractivity contribution in [2.75, 3.05) is 44.2 Å². The number of hydrogen-bond acceptors (Lipinski definition) is 3. The fourth-order valence-corrected chi connectivity index (χ4v) is 4.93. The maximum absolute atomic E-state index is 13.4. The number of alkyl halides is 3. The molecular formula is C24H29ClF5N3. The van der Waals surface area contributed by atoms with Crippen molar-refractivity contribution >= 4 is 18.1 Å². The maximum Gasteiger partial charge on any atom is 0.418 e. The third kappa shape index (κ3) is 5.97. The van der Waals surface area contributed by atoms with Gasteiger partial charge in [-0.3, -0.25) is 9.80 Å². The molecule has 0 aromatic heterocycles. The summed E-state index contributed by atoms with van der Waals surface area (Å²) in [5.41, 5.74) is 0.244. The lowest BCUT2D eigenvalue weighted by molar-refractivity contribution is -0.137. The third-order valence-electron chi connectivity index (χ3n) is 6.83. The van der Waals surface area contributed by atoms with Gasteiger partial charge in [0.1, 0.15) is 11.6 Å². The lowest BCUT2D eigenvalue weighted by Crippen LogP contribution is -2.53. The number of anilines is 1. The van der Waals surface area contributed by atoms with E-state index in [1.165, 1.54) is 18.2 Å². The number of rotatable bonds is 4. The second-order valence-electron chi connectivity index (χ2n) is 8.68. The van der Waals surface area contributed by atoms with Crippen LogP contribution in [0.3, 0.4) is 0 Å². The molecule has 2 aliphatic rings. The number of piperazine rings is 1. The molecule has 0 aliphatic carbocycles. The summed E-state index contributed by atoms with van der Waals surface area (Å²) < 4.78 is 66.7. The molecule has 0 saturated carbocycles. The van der Waals surface area contributed by atoms with Crippen LogP contribution in [0.15, 0.2) is 42.5 Å².